The minimum Gasteiger partial charge on any atom is -0.542 e. The Kier molecular flexibility index (Phi) is 23.2. The summed E-state index contributed by atoms with van der Waals surface area (Å²) >= 11 is 0. The standard InChI is InChI=1S/C16H16.4C2HF3O2.2Rh/c1-2-14-4-3-13(1)9-10-15-5-7-16(8-6-15)12-11-14;4*3-2(4,5)1(6)7;;/h1-8H,9-12H2;4*(H,6,7);;/q;;;;;2*+2/p-4. The number of carboxylic acid groups (broad SMARTS) is 4. The van der Waals surface area contributed by atoms with Crippen molar-refractivity contribution < 1.29 is 131 Å². The summed E-state index contributed by atoms with van der Waals surface area (Å²) in [6.45, 7) is 0. The molecule has 0 heterocycles. The van der Waals surface area contributed by atoms with Crippen molar-refractivity contribution in [3.05, 3.63) is 70.8 Å². The summed E-state index contributed by atoms with van der Waals surface area (Å²) in [6, 6.07) is 18.2. The van der Waals surface area contributed by atoms with E-state index in [2.05, 4.69) is 48.5 Å². The maximum Gasteiger partial charge on any atom is 2.00 e. The van der Waals surface area contributed by atoms with Gasteiger partial charge in [-0.05, 0) is 47.9 Å². The van der Waals surface area contributed by atoms with Crippen molar-refractivity contribution in [1.29, 1.82) is 0 Å². The number of aliphatic carboxylic acids is 4. The average molecular weight is 866 g/mol. The van der Waals surface area contributed by atoms with Gasteiger partial charge in [0.05, 0.1) is 0 Å². The molecular weight excluding hydrogens is 850 g/mol. The van der Waals surface area contributed by atoms with E-state index in [4.69, 9.17) is 39.6 Å². The number of benzene rings is 2. The number of carbonyl (C=O) groups excluding carboxylic acids is 4. The molecule has 46 heavy (non-hydrogen) atoms. The molecule has 0 amide bonds. The number of alkyl halides is 12. The molecule has 8 nitrogen and oxygen atoms in total. The SMILES string of the molecule is O=C([O-])C(F)(F)F.O=C([O-])C(F)(F)F.O=C([O-])C(F)(F)F.O=C([O-])C(F)(F)F.[Rh+2].[Rh+2].c1cc2ccc1CCc1ccc(cc1)CC2. The van der Waals surface area contributed by atoms with Crippen molar-refractivity contribution in [2.75, 3.05) is 0 Å². The number of carbonyl (C=O) groups is 4. The first-order valence-corrected chi connectivity index (χ1v) is 11.0. The number of carboxylic acids is 4. The first-order chi connectivity index (χ1) is 19.7. The minimum absolute atomic E-state index is 0. The van der Waals surface area contributed by atoms with Crippen LogP contribution < -0.4 is 20.4 Å². The number of hydrogen-bond acceptors (Lipinski definition) is 8. The number of rotatable bonds is 0. The second-order valence-electron chi connectivity index (χ2n) is 7.77. The Balaban J connectivity index is -0.000000255. The molecule has 0 atom stereocenters. The molecule has 0 spiro atoms. The molecule has 2 aromatic carbocycles. The van der Waals surface area contributed by atoms with Crippen LogP contribution in [-0.4, -0.2) is 48.6 Å². The Bertz CT molecular complexity index is 1020. The van der Waals surface area contributed by atoms with E-state index in [-0.39, 0.29) is 39.0 Å². The van der Waals surface area contributed by atoms with Gasteiger partial charge in [-0.3, -0.25) is 0 Å². The fourth-order valence-electron chi connectivity index (χ4n) is 2.32. The molecule has 0 aliphatic heterocycles. The van der Waals surface area contributed by atoms with Crippen LogP contribution in [0.1, 0.15) is 22.3 Å². The smallest absolute Gasteiger partial charge is 0.542 e. The average Bonchev–Trinajstić information content (AvgIpc) is 2.85. The molecule has 2 aromatic rings. The maximum absolute atomic E-state index is 10.5. The van der Waals surface area contributed by atoms with E-state index in [0.717, 1.165) is 25.7 Å². The largest absolute Gasteiger partial charge is 2.00 e. The van der Waals surface area contributed by atoms with Crippen LogP contribution in [0.3, 0.4) is 0 Å². The summed E-state index contributed by atoms with van der Waals surface area (Å²) in [6.07, 6.45) is -16.2. The predicted molar refractivity (Wildman–Crippen MR) is 112 cm³/mol. The van der Waals surface area contributed by atoms with Gasteiger partial charge in [0.1, 0.15) is 23.9 Å². The molecule has 0 aromatic heterocycles. The first-order valence-electron chi connectivity index (χ1n) is 11.0. The third-order valence-electron chi connectivity index (χ3n) is 4.38. The summed E-state index contributed by atoms with van der Waals surface area (Å²) in [4.78, 5) is 35.1. The summed E-state index contributed by atoms with van der Waals surface area (Å²) in [5, 5.41) is 35.1. The van der Waals surface area contributed by atoms with Crippen molar-refractivity contribution in [3.8, 4) is 0 Å². The normalized spacial score (nSPS) is 11.9. The van der Waals surface area contributed by atoms with Gasteiger partial charge in [-0.1, -0.05) is 48.5 Å². The topological polar surface area (TPSA) is 161 Å². The molecule has 4 aliphatic carbocycles. The Morgan fingerprint density at radius 2 is 0.457 bits per heavy atom. The van der Waals surface area contributed by atoms with Gasteiger partial charge in [0.25, 0.3) is 0 Å². The molecular formula is C24H16F12O8Rh2. The van der Waals surface area contributed by atoms with Gasteiger partial charge in [-0.15, -0.1) is 0 Å². The van der Waals surface area contributed by atoms with Gasteiger partial charge >= 0.3 is 63.7 Å². The third-order valence-corrected chi connectivity index (χ3v) is 4.38. The van der Waals surface area contributed by atoms with E-state index in [1.54, 1.807) is 0 Å². The zero-order chi connectivity index (χ0) is 35.1. The van der Waals surface area contributed by atoms with E-state index in [0.29, 0.717) is 0 Å². The van der Waals surface area contributed by atoms with Crippen LogP contribution in [0.25, 0.3) is 0 Å². The molecule has 0 saturated heterocycles. The van der Waals surface area contributed by atoms with Gasteiger partial charge in [0, 0.05) is 0 Å². The van der Waals surface area contributed by atoms with Gasteiger partial charge in [-0.25, -0.2) is 0 Å². The second kappa shape index (κ2) is 21.5. The predicted octanol–water partition coefficient (Wildman–Crippen LogP) is 0.760. The fraction of sp³-hybridized carbons (Fsp3) is 0.333. The summed E-state index contributed by atoms with van der Waals surface area (Å²) in [5.41, 5.74) is 5.81. The van der Waals surface area contributed by atoms with Crippen molar-refractivity contribution >= 4 is 23.9 Å². The molecule has 0 N–H and O–H groups in total. The zero-order valence-corrected chi connectivity index (χ0v) is 25.2. The Morgan fingerprint density at radius 1 is 0.370 bits per heavy atom. The molecule has 22 heteroatoms. The summed E-state index contributed by atoms with van der Waals surface area (Å²) in [7, 11) is 0. The van der Waals surface area contributed by atoms with Crippen molar-refractivity contribution in [2.45, 2.75) is 50.4 Å². The van der Waals surface area contributed by atoms with Crippen LogP contribution in [-0.2, 0) is 83.8 Å². The monoisotopic (exact) mass is 866 g/mol. The van der Waals surface area contributed by atoms with Gasteiger partial charge in [0.2, 0.25) is 0 Å². The van der Waals surface area contributed by atoms with E-state index < -0.39 is 48.6 Å². The summed E-state index contributed by atoms with van der Waals surface area (Å²) in [5.74, 6) is -12.0. The number of halogens is 12. The first kappa shape index (κ1) is 49.6. The second-order valence-corrected chi connectivity index (χ2v) is 7.77. The molecule has 4 bridgehead atoms. The molecule has 0 fully saturated rings. The van der Waals surface area contributed by atoms with E-state index >= 15 is 0 Å². The Labute approximate surface area is 275 Å². The molecule has 262 valence electrons. The van der Waals surface area contributed by atoms with E-state index in [1.165, 1.54) is 22.3 Å². The van der Waals surface area contributed by atoms with Crippen LogP contribution >= 0.6 is 0 Å². The molecule has 6 rings (SSSR count). The number of hydrogen-bond donors (Lipinski definition) is 0. The summed E-state index contributed by atoms with van der Waals surface area (Å²) < 4.78 is 126. The quantitative estimate of drug-likeness (QED) is 0.278. The van der Waals surface area contributed by atoms with Crippen molar-refractivity contribution in [2.24, 2.45) is 0 Å². The van der Waals surface area contributed by atoms with Gasteiger partial charge in [-0.2, -0.15) is 52.7 Å². The van der Waals surface area contributed by atoms with E-state index in [9.17, 15) is 52.7 Å². The van der Waals surface area contributed by atoms with Gasteiger partial charge < -0.3 is 39.6 Å². The van der Waals surface area contributed by atoms with Crippen LogP contribution in [0.15, 0.2) is 48.5 Å². The van der Waals surface area contributed by atoms with Gasteiger partial charge in [0.15, 0.2) is 0 Å². The fourth-order valence-corrected chi connectivity index (χ4v) is 2.32. The van der Waals surface area contributed by atoms with E-state index in [1.807, 2.05) is 0 Å². The van der Waals surface area contributed by atoms with Crippen LogP contribution in [0.5, 0.6) is 0 Å². The maximum atomic E-state index is 10.5. The van der Waals surface area contributed by atoms with Crippen LogP contribution in [0.4, 0.5) is 52.7 Å². The molecule has 4 aliphatic rings. The molecule has 0 unspecified atom stereocenters. The van der Waals surface area contributed by atoms with Crippen LogP contribution in [0.2, 0.25) is 0 Å². The molecule has 0 saturated carbocycles. The van der Waals surface area contributed by atoms with Crippen molar-refractivity contribution in [1.82, 2.24) is 0 Å². The minimum atomic E-state index is -5.19. The zero-order valence-electron chi connectivity index (χ0n) is 21.9. The Morgan fingerprint density at radius 3 is 0.522 bits per heavy atom. The number of aryl methyl sites for hydroxylation is 4. The Hall–Kier alpha value is -3.27. The van der Waals surface area contributed by atoms with Crippen LogP contribution in [0, 0.1) is 0 Å². The van der Waals surface area contributed by atoms with Crippen molar-refractivity contribution in [3.63, 3.8) is 0 Å². The molecule has 2 radical (unpaired) electrons. The third kappa shape index (κ3) is 25.0.